The van der Waals surface area contributed by atoms with Gasteiger partial charge in [-0.25, -0.2) is 0 Å². The smallest absolute Gasteiger partial charge is 0.283 e. The summed E-state index contributed by atoms with van der Waals surface area (Å²) in [7, 11) is 1.62. The highest BCUT2D eigenvalue weighted by Crippen LogP contribution is 2.31. The van der Waals surface area contributed by atoms with Gasteiger partial charge in [0.05, 0.1) is 19.2 Å². The Labute approximate surface area is 207 Å². The number of rotatable bonds is 8. The number of amides is 1. The van der Waals surface area contributed by atoms with E-state index < -0.39 is 5.91 Å². The van der Waals surface area contributed by atoms with Crippen molar-refractivity contribution in [3.63, 3.8) is 0 Å². The Morgan fingerprint density at radius 3 is 2.69 bits per heavy atom. The van der Waals surface area contributed by atoms with Crippen LogP contribution in [0.3, 0.4) is 0 Å². The van der Waals surface area contributed by atoms with Gasteiger partial charge in [-0.2, -0.15) is 15.1 Å². The summed E-state index contributed by atoms with van der Waals surface area (Å²) >= 11 is 1.36. The number of benzene rings is 2. The van der Waals surface area contributed by atoms with Gasteiger partial charge in [-0.3, -0.25) is 10.2 Å². The first kappa shape index (κ1) is 22.9. The monoisotopic (exact) mass is 487 g/mol. The maximum absolute atomic E-state index is 12.8. The van der Waals surface area contributed by atoms with Crippen molar-refractivity contribution in [2.45, 2.75) is 26.3 Å². The van der Waals surface area contributed by atoms with Crippen molar-refractivity contribution in [2.24, 2.45) is 10.1 Å². The van der Waals surface area contributed by atoms with Gasteiger partial charge in [0.25, 0.3) is 5.91 Å². The van der Waals surface area contributed by atoms with E-state index in [9.17, 15) is 4.79 Å². The van der Waals surface area contributed by atoms with Crippen LogP contribution in [0, 0.1) is 5.41 Å². The second-order valence-electron chi connectivity index (χ2n) is 8.06. The van der Waals surface area contributed by atoms with Crippen LogP contribution in [-0.4, -0.2) is 45.2 Å². The molecule has 0 unspecified atom stereocenters. The van der Waals surface area contributed by atoms with Gasteiger partial charge in [-0.1, -0.05) is 37.3 Å². The molecule has 0 atom stereocenters. The molecule has 0 spiro atoms. The van der Waals surface area contributed by atoms with Crippen LogP contribution in [0.4, 0.5) is 0 Å². The lowest BCUT2D eigenvalue weighted by molar-refractivity contribution is -0.114. The maximum atomic E-state index is 12.8. The summed E-state index contributed by atoms with van der Waals surface area (Å²) in [6, 6.07) is 15.5. The van der Waals surface area contributed by atoms with E-state index in [0.717, 1.165) is 34.4 Å². The molecule has 2 aliphatic rings. The average Bonchev–Trinajstić information content (AvgIpc) is 3.43. The molecule has 2 aromatic carbocycles. The minimum atomic E-state index is -0.418. The Balaban J connectivity index is 1.42. The quantitative estimate of drug-likeness (QED) is 0.444. The molecule has 2 aliphatic heterocycles. The highest BCUT2D eigenvalue weighted by Gasteiger charge is 2.35. The Morgan fingerprint density at radius 2 is 1.89 bits per heavy atom. The number of carbonyl (C=O) groups excluding carboxylic acids is 1. The molecule has 9 heteroatoms. The lowest BCUT2D eigenvalue weighted by Gasteiger charge is -2.20. The van der Waals surface area contributed by atoms with E-state index in [1.165, 1.54) is 16.8 Å². The Hall–Kier alpha value is -3.85. The maximum Gasteiger partial charge on any atom is 0.283 e. The van der Waals surface area contributed by atoms with Crippen molar-refractivity contribution < 1.29 is 14.3 Å². The van der Waals surface area contributed by atoms with E-state index in [1.54, 1.807) is 13.2 Å². The van der Waals surface area contributed by atoms with Crippen LogP contribution >= 0.6 is 11.8 Å². The van der Waals surface area contributed by atoms with Gasteiger partial charge >= 0.3 is 0 Å². The SMILES string of the molecule is CCCC1=NN2C(=N)/C(=C/c3cn(CCOc4ccccc4OC)c4ccccc34)C(=O)N=C2S1. The number of aromatic nitrogens is 1. The van der Waals surface area contributed by atoms with Crippen molar-refractivity contribution in [3.05, 3.63) is 65.9 Å². The minimum absolute atomic E-state index is 0.0509. The summed E-state index contributed by atoms with van der Waals surface area (Å²) in [4.78, 5) is 17.0. The summed E-state index contributed by atoms with van der Waals surface area (Å²) in [6.45, 7) is 3.11. The highest BCUT2D eigenvalue weighted by atomic mass is 32.2. The molecule has 1 aromatic heterocycles. The van der Waals surface area contributed by atoms with E-state index >= 15 is 0 Å². The molecule has 8 nitrogen and oxygen atoms in total. The molecule has 1 amide bonds. The fourth-order valence-corrected chi connectivity index (χ4v) is 5.06. The molecule has 5 rings (SSSR count). The molecule has 3 heterocycles. The number of carbonyl (C=O) groups is 1. The van der Waals surface area contributed by atoms with E-state index in [2.05, 4.69) is 21.6 Å². The fourth-order valence-electron chi connectivity index (χ4n) is 4.07. The van der Waals surface area contributed by atoms with E-state index in [1.807, 2.05) is 54.7 Å². The molecule has 0 radical (unpaired) electrons. The summed E-state index contributed by atoms with van der Waals surface area (Å²) in [5, 5.41) is 16.9. The summed E-state index contributed by atoms with van der Waals surface area (Å²) in [5.74, 6) is 1.01. The van der Waals surface area contributed by atoms with Crippen LogP contribution in [-0.2, 0) is 11.3 Å². The minimum Gasteiger partial charge on any atom is -0.493 e. The largest absolute Gasteiger partial charge is 0.493 e. The number of para-hydroxylation sites is 3. The number of hydrogen-bond donors (Lipinski definition) is 1. The Kier molecular flexibility index (Phi) is 6.41. The molecule has 0 bridgehead atoms. The zero-order valence-electron chi connectivity index (χ0n) is 19.5. The highest BCUT2D eigenvalue weighted by molar-refractivity contribution is 8.26. The van der Waals surface area contributed by atoms with Gasteiger partial charge in [0.1, 0.15) is 11.7 Å². The zero-order chi connectivity index (χ0) is 24.4. The number of ether oxygens (including phenoxy) is 2. The standard InChI is InChI=1S/C26H25N5O3S/c1-3-8-23-29-31-24(27)19(25(32)28-26(31)35-23)15-17-16-30(20-10-5-4-9-18(17)20)13-14-34-22-12-7-6-11-21(22)33-2/h4-7,9-12,15-16,27H,3,8,13-14H2,1-2H3/b19-15-,27-24?. The predicted molar refractivity (Wildman–Crippen MR) is 140 cm³/mol. The second-order valence-corrected chi connectivity index (χ2v) is 9.10. The lowest BCUT2D eigenvalue weighted by Crippen LogP contribution is -2.35. The number of aliphatic imine (C=N–C) groups is 1. The van der Waals surface area contributed by atoms with Crippen LogP contribution in [0.15, 0.2) is 70.4 Å². The number of methoxy groups -OCH3 is 1. The second kappa shape index (κ2) is 9.79. The number of fused-ring (bicyclic) bond motifs is 2. The molecule has 0 saturated heterocycles. The van der Waals surface area contributed by atoms with Crippen molar-refractivity contribution in [2.75, 3.05) is 13.7 Å². The number of amidine groups is 2. The zero-order valence-corrected chi connectivity index (χ0v) is 20.3. The molecule has 1 N–H and O–H groups in total. The molecule has 3 aromatic rings. The van der Waals surface area contributed by atoms with Gasteiger partial charge in [0, 0.05) is 22.7 Å². The summed E-state index contributed by atoms with van der Waals surface area (Å²) < 4.78 is 13.4. The third kappa shape index (κ3) is 4.46. The van der Waals surface area contributed by atoms with Crippen LogP contribution in [0.2, 0.25) is 0 Å². The topological polar surface area (TPSA) is 92.3 Å². The van der Waals surface area contributed by atoms with Gasteiger partial charge in [0.2, 0.25) is 5.17 Å². The third-order valence-corrected chi connectivity index (χ3v) is 6.71. The van der Waals surface area contributed by atoms with Gasteiger partial charge in [-0.15, -0.1) is 0 Å². The molecule has 35 heavy (non-hydrogen) atoms. The van der Waals surface area contributed by atoms with Crippen LogP contribution in [0.25, 0.3) is 17.0 Å². The number of nitrogens with one attached hydrogen (secondary N) is 1. The number of hydrogen-bond acceptors (Lipinski definition) is 6. The summed E-state index contributed by atoms with van der Waals surface area (Å²) in [5.41, 5.74) is 2.08. The first-order chi connectivity index (χ1) is 17.1. The first-order valence-electron chi connectivity index (χ1n) is 11.4. The van der Waals surface area contributed by atoms with E-state index in [-0.39, 0.29) is 11.4 Å². The Morgan fingerprint density at radius 1 is 1.11 bits per heavy atom. The van der Waals surface area contributed by atoms with Crippen molar-refractivity contribution in [1.82, 2.24) is 9.58 Å². The predicted octanol–water partition coefficient (Wildman–Crippen LogP) is 5.15. The van der Waals surface area contributed by atoms with Gasteiger partial charge in [0.15, 0.2) is 17.3 Å². The van der Waals surface area contributed by atoms with Crippen LogP contribution < -0.4 is 9.47 Å². The number of hydrazone groups is 1. The van der Waals surface area contributed by atoms with E-state index in [0.29, 0.717) is 29.8 Å². The lowest BCUT2D eigenvalue weighted by atomic mass is 10.1. The van der Waals surface area contributed by atoms with Crippen molar-refractivity contribution >= 4 is 50.7 Å². The van der Waals surface area contributed by atoms with Crippen molar-refractivity contribution in [1.29, 1.82) is 5.41 Å². The van der Waals surface area contributed by atoms with Crippen LogP contribution in [0.5, 0.6) is 11.5 Å². The molecule has 0 fully saturated rings. The van der Waals surface area contributed by atoms with Gasteiger partial charge < -0.3 is 14.0 Å². The number of thioether (sulfide) groups is 1. The molecule has 0 aliphatic carbocycles. The molecular weight excluding hydrogens is 462 g/mol. The molecule has 0 saturated carbocycles. The first-order valence-corrected chi connectivity index (χ1v) is 12.2. The van der Waals surface area contributed by atoms with Crippen LogP contribution in [0.1, 0.15) is 25.3 Å². The average molecular weight is 488 g/mol. The molecular formula is C26H25N5O3S. The number of nitrogens with zero attached hydrogens (tertiary/aromatic N) is 4. The normalized spacial score (nSPS) is 16.5. The summed E-state index contributed by atoms with van der Waals surface area (Å²) in [6.07, 6.45) is 5.46. The third-order valence-electron chi connectivity index (χ3n) is 5.74. The fraction of sp³-hybridized carbons (Fsp3) is 0.231. The van der Waals surface area contributed by atoms with Crippen molar-refractivity contribution in [3.8, 4) is 11.5 Å². The molecule has 178 valence electrons. The van der Waals surface area contributed by atoms with E-state index in [4.69, 9.17) is 14.9 Å². The Bertz CT molecular complexity index is 1400. The van der Waals surface area contributed by atoms with Gasteiger partial charge in [-0.05, 0) is 48.9 Å².